The summed E-state index contributed by atoms with van der Waals surface area (Å²) < 4.78 is 0. The highest BCUT2D eigenvalue weighted by atomic mass is 16.2. The number of benzene rings is 2. The fourth-order valence-electron chi connectivity index (χ4n) is 4.24. The first-order chi connectivity index (χ1) is 15.5. The largest absolute Gasteiger partial charge is 0.371 e. The van der Waals surface area contributed by atoms with Crippen LogP contribution in [0.1, 0.15) is 62.4 Å². The smallest absolute Gasteiger partial charge is 0.253 e. The van der Waals surface area contributed by atoms with Gasteiger partial charge in [-0.05, 0) is 61.3 Å². The number of carbonyl (C=O) groups is 2. The Bertz CT molecular complexity index is 887. The van der Waals surface area contributed by atoms with Crippen molar-refractivity contribution < 1.29 is 9.59 Å². The summed E-state index contributed by atoms with van der Waals surface area (Å²) >= 11 is 0. The van der Waals surface area contributed by atoms with E-state index in [2.05, 4.69) is 59.7 Å². The Labute approximate surface area is 192 Å². The summed E-state index contributed by atoms with van der Waals surface area (Å²) in [5.41, 5.74) is 3.67. The molecule has 5 heteroatoms. The Morgan fingerprint density at radius 1 is 1.06 bits per heavy atom. The van der Waals surface area contributed by atoms with Crippen LogP contribution in [-0.4, -0.2) is 31.4 Å². The van der Waals surface area contributed by atoms with Gasteiger partial charge in [-0.1, -0.05) is 51.1 Å². The third-order valence-corrected chi connectivity index (χ3v) is 6.00. The van der Waals surface area contributed by atoms with E-state index in [1.807, 2.05) is 25.1 Å². The molecule has 0 saturated carbocycles. The maximum absolute atomic E-state index is 13.0. The van der Waals surface area contributed by atoms with Gasteiger partial charge in [-0.15, -0.1) is 0 Å². The topological polar surface area (TPSA) is 61.4 Å². The molecule has 2 aromatic rings. The van der Waals surface area contributed by atoms with Gasteiger partial charge in [-0.25, -0.2) is 0 Å². The van der Waals surface area contributed by atoms with Crippen molar-refractivity contribution in [2.45, 2.75) is 52.9 Å². The van der Waals surface area contributed by atoms with Crippen molar-refractivity contribution in [3.8, 4) is 0 Å². The molecule has 0 radical (unpaired) electrons. The lowest BCUT2D eigenvalue weighted by Crippen LogP contribution is -2.36. The van der Waals surface area contributed by atoms with Crippen molar-refractivity contribution in [2.24, 2.45) is 11.8 Å². The normalized spacial score (nSPS) is 14.4. The summed E-state index contributed by atoms with van der Waals surface area (Å²) in [6.07, 6.45) is 4.60. The fraction of sp³-hybridized carbons (Fsp3) is 0.481. The molecule has 1 heterocycles. The minimum atomic E-state index is -0.0771. The van der Waals surface area contributed by atoms with Gasteiger partial charge in [-0.3, -0.25) is 9.59 Å². The predicted octanol–water partition coefficient (Wildman–Crippen LogP) is 5.27. The van der Waals surface area contributed by atoms with Crippen molar-refractivity contribution in [1.82, 2.24) is 5.32 Å². The SMILES string of the molecule is CCCC(=O)Nc1ccc(N2CCC(Cc3ccccc3)CC2)c(C(=O)NCC(C)C)c1. The van der Waals surface area contributed by atoms with Crippen LogP contribution in [0.2, 0.25) is 0 Å². The molecule has 0 atom stereocenters. The van der Waals surface area contributed by atoms with Crippen LogP contribution in [0.15, 0.2) is 48.5 Å². The van der Waals surface area contributed by atoms with Gasteiger partial charge in [0.15, 0.2) is 0 Å². The molecule has 3 rings (SSSR count). The van der Waals surface area contributed by atoms with Crippen molar-refractivity contribution in [2.75, 3.05) is 29.9 Å². The quantitative estimate of drug-likeness (QED) is 0.564. The highest BCUT2D eigenvalue weighted by Crippen LogP contribution is 2.30. The van der Waals surface area contributed by atoms with Gasteiger partial charge in [0, 0.05) is 37.4 Å². The summed E-state index contributed by atoms with van der Waals surface area (Å²) in [6.45, 7) is 8.64. The molecule has 0 unspecified atom stereocenters. The first-order valence-electron chi connectivity index (χ1n) is 12.0. The zero-order chi connectivity index (χ0) is 22.9. The third-order valence-electron chi connectivity index (χ3n) is 6.00. The second-order valence-electron chi connectivity index (χ2n) is 9.25. The van der Waals surface area contributed by atoms with E-state index < -0.39 is 0 Å². The fourth-order valence-corrected chi connectivity index (χ4v) is 4.24. The Morgan fingerprint density at radius 3 is 2.44 bits per heavy atom. The Morgan fingerprint density at radius 2 is 1.78 bits per heavy atom. The van der Waals surface area contributed by atoms with Gasteiger partial charge in [0.1, 0.15) is 0 Å². The summed E-state index contributed by atoms with van der Waals surface area (Å²) in [7, 11) is 0. The van der Waals surface area contributed by atoms with Gasteiger partial charge in [0.25, 0.3) is 5.91 Å². The lowest BCUT2D eigenvalue weighted by Gasteiger charge is -2.35. The summed E-state index contributed by atoms with van der Waals surface area (Å²) in [5.74, 6) is 0.949. The van der Waals surface area contributed by atoms with Crippen LogP contribution < -0.4 is 15.5 Å². The van der Waals surface area contributed by atoms with Crippen LogP contribution in [0.4, 0.5) is 11.4 Å². The Hall–Kier alpha value is -2.82. The van der Waals surface area contributed by atoms with Crippen LogP contribution in [0, 0.1) is 11.8 Å². The number of hydrogen-bond donors (Lipinski definition) is 2. The average molecular weight is 436 g/mol. The molecule has 0 aromatic heterocycles. The third kappa shape index (κ3) is 6.84. The average Bonchev–Trinajstić information content (AvgIpc) is 2.79. The van der Waals surface area contributed by atoms with Crippen molar-refractivity contribution in [3.63, 3.8) is 0 Å². The number of anilines is 2. The van der Waals surface area contributed by atoms with Crippen LogP contribution in [0.25, 0.3) is 0 Å². The molecule has 172 valence electrons. The van der Waals surface area contributed by atoms with E-state index in [1.165, 1.54) is 5.56 Å². The van der Waals surface area contributed by atoms with E-state index in [-0.39, 0.29) is 11.8 Å². The van der Waals surface area contributed by atoms with Gasteiger partial charge in [0.2, 0.25) is 5.91 Å². The van der Waals surface area contributed by atoms with Crippen LogP contribution in [0.3, 0.4) is 0 Å². The van der Waals surface area contributed by atoms with E-state index >= 15 is 0 Å². The number of piperidine rings is 1. The molecule has 1 aliphatic heterocycles. The molecule has 1 saturated heterocycles. The molecule has 0 spiro atoms. The molecule has 2 N–H and O–H groups in total. The number of amides is 2. The molecule has 0 bridgehead atoms. The molecule has 2 aromatic carbocycles. The van der Waals surface area contributed by atoms with E-state index in [1.54, 1.807) is 0 Å². The molecule has 2 amide bonds. The number of hydrogen-bond acceptors (Lipinski definition) is 3. The highest BCUT2D eigenvalue weighted by molar-refractivity contribution is 6.02. The molecular weight excluding hydrogens is 398 g/mol. The van der Waals surface area contributed by atoms with Crippen molar-refractivity contribution in [3.05, 3.63) is 59.7 Å². The standard InChI is InChI=1S/C27H37N3O2/c1-4-8-26(31)29-23-11-12-25(24(18-23)27(32)28-19-20(2)3)30-15-13-22(14-16-30)17-21-9-6-5-7-10-21/h5-7,9-12,18,20,22H,4,8,13-17,19H2,1-3H3,(H,28,32)(H,29,31). The number of nitrogens with zero attached hydrogens (tertiary/aromatic N) is 1. The molecular formula is C27H37N3O2. The van der Waals surface area contributed by atoms with Crippen LogP contribution in [0.5, 0.6) is 0 Å². The lowest BCUT2D eigenvalue weighted by atomic mass is 9.89. The minimum Gasteiger partial charge on any atom is -0.371 e. The summed E-state index contributed by atoms with van der Waals surface area (Å²) in [6, 6.07) is 16.4. The van der Waals surface area contributed by atoms with E-state index in [9.17, 15) is 9.59 Å². The van der Waals surface area contributed by atoms with Gasteiger partial charge in [0.05, 0.1) is 5.56 Å². The first kappa shape index (κ1) is 23.8. The van der Waals surface area contributed by atoms with Gasteiger partial charge in [-0.2, -0.15) is 0 Å². The van der Waals surface area contributed by atoms with E-state index in [4.69, 9.17) is 0 Å². The molecule has 1 fully saturated rings. The number of nitrogens with one attached hydrogen (secondary N) is 2. The van der Waals surface area contributed by atoms with Crippen molar-refractivity contribution in [1.29, 1.82) is 0 Å². The van der Waals surface area contributed by atoms with Crippen LogP contribution >= 0.6 is 0 Å². The molecule has 0 aliphatic carbocycles. The zero-order valence-electron chi connectivity index (χ0n) is 19.7. The number of carbonyl (C=O) groups excluding carboxylic acids is 2. The van der Waals surface area contributed by atoms with E-state index in [0.29, 0.717) is 36.1 Å². The maximum atomic E-state index is 13.0. The summed E-state index contributed by atoms with van der Waals surface area (Å²) in [4.78, 5) is 27.4. The highest BCUT2D eigenvalue weighted by Gasteiger charge is 2.24. The number of rotatable bonds is 9. The minimum absolute atomic E-state index is 0.0180. The van der Waals surface area contributed by atoms with Gasteiger partial charge < -0.3 is 15.5 Å². The lowest BCUT2D eigenvalue weighted by molar-refractivity contribution is -0.116. The monoisotopic (exact) mass is 435 g/mol. The molecule has 5 nitrogen and oxygen atoms in total. The predicted molar refractivity (Wildman–Crippen MR) is 132 cm³/mol. The first-order valence-corrected chi connectivity index (χ1v) is 12.0. The maximum Gasteiger partial charge on any atom is 0.253 e. The van der Waals surface area contributed by atoms with Crippen molar-refractivity contribution >= 4 is 23.2 Å². The van der Waals surface area contributed by atoms with Crippen LogP contribution in [-0.2, 0) is 11.2 Å². The molecule has 32 heavy (non-hydrogen) atoms. The molecule has 1 aliphatic rings. The van der Waals surface area contributed by atoms with Gasteiger partial charge >= 0.3 is 0 Å². The Kier molecular flexibility index (Phi) is 8.72. The van der Waals surface area contributed by atoms with E-state index in [0.717, 1.165) is 44.5 Å². The zero-order valence-corrected chi connectivity index (χ0v) is 19.7. The Balaban J connectivity index is 1.72. The second kappa shape index (κ2) is 11.7. The summed E-state index contributed by atoms with van der Waals surface area (Å²) in [5, 5.41) is 5.98. The second-order valence-corrected chi connectivity index (χ2v) is 9.25.